The van der Waals surface area contributed by atoms with Gasteiger partial charge in [-0.2, -0.15) is 0 Å². The van der Waals surface area contributed by atoms with Gasteiger partial charge in [0.2, 0.25) is 5.91 Å². The summed E-state index contributed by atoms with van der Waals surface area (Å²) in [5, 5.41) is 3.00. The summed E-state index contributed by atoms with van der Waals surface area (Å²) < 4.78 is 5.27. The predicted molar refractivity (Wildman–Crippen MR) is 97.3 cm³/mol. The van der Waals surface area contributed by atoms with Crippen molar-refractivity contribution in [2.24, 2.45) is 5.92 Å². The van der Waals surface area contributed by atoms with Gasteiger partial charge in [0.15, 0.2) is 0 Å². The van der Waals surface area contributed by atoms with Crippen LogP contribution in [-0.4, -0.2) is 54.5 Å². The average Bonchev–Trinajstić information content (AvgIpc) is 2.49. The number of amides is 1. The summed E-state index contributed by atoms with van der Waals surface area (Å²) in [4.78, 5) is 28.0. The zero-order chi connectivity index (χ0) is 18.6. The van der Waals surface area contributed by atoms with E-state index in [4.69, 9.17) is 4.74 Å². The third-order valence-electron chi connectivity index (χ3n) is 4.04. The van der Waals surface area contributed by atoms with Gasteiger partial charge in [0.25, 0.3) is 0 Å². The van der Waals surface area contributed by atoms with E-state index in [0.29, 0.717) is 6.54 Å². The van der Waals surface area contributed by atoms with Gasteiger partial charge >= 0.3 is 5.97 Å². The Hall–Kier alpha value is -2.08. The lowest BCUT2D eigenvalue weighted by Gasteiger charge is -2.32. The molecule has 2 aliphatic heterocycles. The Morgan fingerprint density at radius 2 is 2.16 bits per heavy atom. The van der Waals surface area contributed by atoms with E-state index >= 15 is 0 Å². The van der Waals surface area contributed by atoms with Crippen LogP contribution in [0.5, 0.6) is 0 Å². The van der Waals surface area contributed by atoms with Crippen LogP contribution in [0, 0.1) is 5.92 Å². The van der Waals surface area contributed by atoms with Gasteiger partial charge in [-0.3, -0.25) is 4.79 Å². The Morgan fingerprint density at radius 1 is 1.44 bits per heavy atom. The van der Waals surface area contributed by atoms with Gasteiger partial charge in [0.1, 0.15) is 5.60 Å². The molecule has 1 amide bonds. The molecule has 6 nitrogen and oxygen atoms in total. The van der Waals surface area contributed by atoms with Crippen LogP contribution in [0.1, 0.15) is 33.6 Å². The largest absolute Gasteiger partial charge is 0.457 e. The summed E-state index contributed by atoms with van der Waals surface area (Å²) in [6, 6.07) is 0. The molecule has 25 heavy (non-hydrogen) atoms. The van der Waals surface area contributed by atoms with Crippen molar-refractivity contribution in [1.82, 2.24) is 15.1 Å². The number of hydrogen-bond donors (Lipinski definition) is 1. The van der Waals surface area contributed by atoms with Crippen LogP contribution in [-0.2, 0) is 14.3 Å². The van der Waals surface area contributed by atoms with Crippen LogP contribution in [0.15, 0.2) is 35.8 Å². The first-order valence-corrected chi connectivity index (χ1v) is 8.67. The molecule has 6 heteroatoms. The molecular formula is C19H29N3O3. The van der Waals surface area contributed by atoms with Crippen LogP contribution in [0.25, 0.3) is 0 Å². The SMILES string of the molecule is CN(C)CCC1CC2=C(C=CN(/C=C/C(=O)OC(C)(C)C)C2)NC1=O. The van der Waals surface area contributed by atoms with E-state index in [0.717, 1.165) is 25.1 Å². The zero-order valence-electron chi connectivity index (χ0n) is 15.8. The van der Waals surface area contributed by atoms with Gasteiger partial charge < -0.3 is 19.9 Å². The minimum atomic E-state index is -0.498. The highest BCUT2D eigenvalue weighted by molar-refractivity contribution is 5.83. The highest BCUT2D eigenvalue weighted by Gasteiger charge is 2.28. The fourth-order valence-corrected chi connectivity index (χ4v) is 2.82. The Kier molecular flexibility index (Phi) is 6.06. The standard InChI is InChI=1S/C19H29N3O3/c1-19(2,3)25-17(23)8-11-22-10-7-16-15(13-22)12-14(18(24)20-16)6-9-21(4)5/h7-8,10-11,14H,6,9,12-13H2,1-5H3,(H,20,24)/b11-8+. The molecule has 0 aromatic carbocycles. The number of ether oxygens (including phenoxy) is 1. The number of carbonyl (C=O) groups excluding carboxylic acids is 2. The molecular weight excluding hydrogens is 318 g/mol. The summed E-state index contributed by atoms with van der Waals surface area (Å²) in [5.74, 6) is -0.256. The minimum Gasteiger partial charge on any atom is -0.457 e. The van der Waals surface area contributed by atoms with Gasteiger partial charge in [0, 0.05) is 36.6 Å². The average molecular weight is 347 g/mol. The minimum absolute atomic E-state index is 0.00401. The molecule has 0 aliphatic carbocycles. The topological polar surface area (TPSA) is 61.9 Å². The summed E-state index contributed by atoms with van der Waals surface area (Å²) in [6.07, 6.45) is 8.51. The number of carbonyl (C=O) groups is 2. The van der Waals surface area contributed by atoms with E-state index in [2.05, 4.69) is 10.2 Å². The molecule has 0 saturated heterocycles. The molecule has 0 saturated carbocycles. The lowest BCUT2D eigenvalue weighted by molar-refractivity contribution is -0.148. The van der Waals surface area contributed by atoms with Crippen molar-refractivity contribution in [3.63, 3.8) is 0 Å². The number of nitrogens with one attached hydrogen (secondary N) is 1. The molecule has 0 aromatic heterocycles. The highest BCUT2D eigenvalue weighted by atomic mass is 16.6. The van der Waals surface area contributed by atoms with Gasteiger partial charge in [-0.15, -0.1) is 0 Å². The van der Waals surface area contributed by atoms with Crippen molar-refractivity contribution < 1.29 is 14.3 Å². The smallest absolute Gasteiger partial charge is 0.332 e. The molecule has 0 bridgehead atoms. The van der Waals surface area contributed by atoms with E-state index < -0.39 is 5.60 Å². The quantitative estimate of drug-likeness (QED) is 0.609. The summed E-state index contributed by atoms with van der Waals surface area (Å²) in [5.41, 5.74) is 1.59. The van der Waals surface area contributed by atoms with E-state index in [9.17, 15) is 9.59 Å². The second-order valence-corrected chi connectivity index (χ2v) is 7.84. The maximum absolute atomic E-state index is 12.2. The van der Waals surface area contributed by atoms with E-state index in [1.54, 1.807) is 6.20 Å². The van der Waals surface area contributed by atoms with Crippen molar-refractivity contribution in [2.75, 3.05) is 27.2 Å². The van der Waals surface area contributed by atoms with Crippen LogP contribution >= 0.6 is 0 Å². The molecule has 0 aromatic rings. The van der Waals surface area contributed by atoms with E-state index in [1.807, 2.05) is 52.0 Å². The maximum atomic E-state index is 12.2. The van der Waals surface area contributed by atoms with Crippen molar-refractivity contribution in [3.8, 4) is 0 Å². The van der Waals surface area contributed by atoms with Crippen LogP contribution in [0.3, 0.4) is 0 Å². The number of esters is 1. The zero-order valence-corrected chi connectivity index (χ0v) is 15.8. The maximum Gasteiger partial charge on any atom is 0.332 e. The van der Waals surface area contributed by atoms with Crippen molar-refractivity contribution in [2.45, 2.75) is 39.2 Å². The molecule has 1 N–H and O–H groups in total. The molecule has 138 valence electrons. The van der Waals surface area contributed by atoms with Crippen molar-refractivity contribution in [3.05, 3.63) is 35.8 Å². The normalized spacial score (nSPS) is 21.0. The van der Waals surface area contributed by atoms with Gasteiger partial charge in [-0.25, -0.2) is 4.79 Å². The first kappa shape index (κ1) is 19.2. The predicted octanol–water partition coefficient (Wildman–Crippen LogP) is 2.01. The van der Waals surface area contributed by atoms with E-state index in [-0.39, 0.29) is 17.8 Å². The highest BCUT2D eigenvalue weighted by Crippen LogP contribution is 2.27. The molecule has 0 spiro atoms. The molecule has 0 fully saturated rings. The van der Waals surface area contributed by atoms with E-state index in [1.165, 1.54) is 11.6 Å². The molecule has 1 unspecified atom stereocenters. The Morgan fingerprint density at radius 3 is 2.80 bits per heavy atom. The van der Waals surface area contributed by atoms with Crippen LogP contribution in [0.4, 0.5) is 0 Å². The van der Waals surface area contributed by atoms with Crippen LogP contribution in [0.2, 0.25) is 0 Å². The Balaban J connectivity index is 1.95. The number of nitrogens with zero attached hydrogens (tertiary/aromatic N) is 2. The number of hydrogen-bond acceptors (Lipinski definition) is 5. The van der Waals surface area contributed by atoms with Crippen molar-refractivity contribution in [1.29, 1.82) is 0 Å². The fourth-order valence-electron chi connectivity index (χ4n) is 2.82. The monoisotopic (exact) mass is 347 g/mol. The third kappa shape index (κ3) is 6.05. The summed E-state index contributed by atoms with van der Waals surface area (Å²) in [6.45, 7) is 7.09. The molecule has 1 atom stereocenters. The number of rotatable bonds is 5. The third-order valence-corrected chi connectivity index (χ3v) is 4.04. The molecule has 2 aliphatic rings. The van der Waals surface area contributed by atoms with Gasteiger partial charge in [-0.05, 0) is 65.9 Å². The van der Waals surface area contributed by atoms with Crippen molar-refractivity contribution >= 4 is 11.9 Å². The second kappa shape index (κ2) is 7.87. The number of allylic oxidation sites excluding steroid dienone is 1. The van der Waals surface area contributed by atoms with Crippen LogP contribution < -0.4 is 5.32 Å². The van der Waals surface area contributed by atoms with Gasteiger partial charge in [-0.1, -0.05) is 0 Å². The Labute approximate surface area is 150 Å². The second-order valence-electron chi connectivity index (χ2n) is 7.84. The fraction of sp³-hybridized carbons (Fsp3) is 0.579. The molecule has 0 radical (unpaired) electrons. The summed E-state index contributed by atoms with van der Waals surface area (Å²) in [7, 11) is 4.02. The van der Waals surface area contributed by atoms with Gasteiger partial charge in [0.05, 0.1) is 0 Å². The molecule has 2 rings (SSSR count). The lowest BCUT2D eigenvalue weighted by atomic mass is 9.89. The Bertz CT molecular complexity index is 612. The summed E-state index contributed by atoms with van der Waals surface area (Å²) >= 11 is 0. The first-order valence-electron chi connectivity index (χ1n) is 8.67. The lowest BCUT2D eigenvalue weighted by Crippen LogP contribution is -2.39. The molecule has 2 heterocycles. The first-order chi connectivity index (χ1) is 11.6.